The van der Waals surface area contributed by atoms with Crippen molar-refractivity contribution in [3.8, 4) is 0 Å². The molecular weight excluding hydrogens is 431 g/mol. The van der Waals surface area contributed by atoms with E-state index in [-0.39, 0.29) is 42.5 Å². The van der Waals surface area contributed by atoms with E-state index in [9.17, 15) is 8.42 Å². The van der Waals surface area contributed by atoms with Gasteiger partial charge in [-0.25, -0.2) is 0 Å². The maximum atomic E-state index is 12.5. The summed E-state index contributed by atoms with van der Waals surface area (Å²) in [6, 6.07) is 12.8. The Bertz CT molecular complexity index is 825. The molecule has 0 aliphatic heterocycles. The van der Waals surface area contributed by atoms with Gasteiger partial charge in [-0.1, -0.05) is 120 Å². The monoisotopic (exact) mass is 472 g/mol. The molecule has 32 heavy (non-hydrogen) atoms. The van der Waals surface area contributed by atoms with Crippen molar-refractivity contribution in [2.75, 3.05) is 6.61 Å². The van der Waals surface area contributed by atoms with E-state index in [1.807, 2.05) is 37.1 Å². The molecule has 0 saturated carbocycles. The Morgan fingerprint density at radius 3 is 1.75 bits per heavy atom. The molecular formula is C26H41NaO4S. The first-order valence-corrected chi connectivity index (χ1v) is 13.2. The summed E-state index contributed by atoms with van der Waals surface area (Å²) in [4.78, 5) is 8.27. The summed E-state index contributed by atoms with van der Waals surface area (Å²) in [6.07, 6.45) is 16.5. The average molecular weight is 473 g/mol. The van der Waals surface area contributed by atoms with Crippen LogP contribution in [0.4, 0.5) is 0 Å². The van der Waals surface area contributed by atoms with Crippen LogP contribution in [-0.4, -0.2) is 21.8 Å². The van der Waals surface area contributed by atoms with Crippen LogP contribution >= 0.6 is 0 Å². The van der Waals surface area contributed by atoms with E-state index >= 15 is 0 Å². The van der Waals surface area contributed by atoms with Crippen LogP contribution in [0.2, 0.25) is 0 Å². The van der Waals surface area contributed by atoms with Crippen molar-refractivity contribution < 1.29 is 48.4 Å². The fourth-order valence-electron chi connectivity index (χ4n) is 3.77. The van der Waals surface area contributed by atoms with Crippen LogP contribution in [0.3, 0.4) is 0 Å². The number of carbonyl (C=O) groups is 1. The molecule has 0 saturated heterocycles. The second kappa shape index (κ2) is 19.7. The number of benzene rings is 2. The molecule has 0 unspecified atom stereocenters. The Balaban J connectivity index is 0. The molecule has 4 nitrogen and oxygen atoms in total. The van der Waals surface area contributed by atoms with E-state index in [0.29, 0.717) is 0 Å². The van der Waals surface area contributed by atoms with Gasteiger partial charge in [0.25, 0.3) is 10.1 Å². The molecule has 176 valence electrons. The number of unbranched alkanes of at least 4 members (excludes halogenated alkanes) is 12. The predicted octanol–water partition coefficient (Wildman–Crippen LogP) is 4.57. The number of rotatable bonds is 16. The van der Waals surface area contributed by atoms with Gasteiger partial charge in [0.1, 0.15) is 11.7 Å². The van der Waals surface area contributed by atoms with Gasteiger partial charge in [-0.2, -0.15) is 8.42 Å². The van der Waals surface area contributed by atoms with Crippen molar-refractivity contribution in [1.29, 1.82) is 0 Å². The zero-order valence-electron chi connectivity index (χ0n) is 21.2. The Kier molecular flexibility index (Phi) is 19.3. The fourth-order valence-corrected chi connectivity index (χ4v) is 4.93. The summed E-state index contributed by atoms with van der Waals surface area (Å²) in [6.45, 7) is 4.53. The van der Waals surface area contributed by atoms with Gasteiger partial charge < -0.3 is 6.22 Å². The van der Waals surface area contributed by atoms with Gasteiger partial charge in [-0.05, 0) is 17.9 Å². The molecule has 0 amide bonds. The third-order valence-electron chi connectivity index (χ3n) is 5.51. The third kappa shape index (κ3) is 12.5. The molecule has 2 aromatic carbocycles. The van der Waals surface area contributed by atoms with Gasteiger partial charge in [0.15, 0.2) is 0 Å². The summed E-state index contributed by atoms with van der Waals surface area (Å²) in [5.74, 6) is 0. The van der Waals surface area contributed by atoms with Crippen molar-refractivity contribution >= 4 is 27.7 Å². The molecule has 0 atom stereocenters. The zero-order valence-corrected chi connectivity index (χ0v) is 23.0. The van der Waals surface area contributed by atoms with E-state index < -0.39 is 10.1 Å². The Labute approximate surface area is 219 Å². The van der Waals surface area contributed by atoms with E-state index in [2.05, 4.69) is 6.92 Å². The van der Waals surface area contributed by atoms with Crippen LogP contribution < -0.4 is 29.6 Å². The molecule has 0 fully saturated rings. The third-order valence-corrected chi connectivity index (χ3v) is 6.88. The largest absolute Gasteiger partial charge is 1.00 e. The topological polar surface area (TPSA) is 60.4 Å². The minimum absolute atomic E-state index is 0. The van der Waals surface area contributed by atoms with Gasteiger partial charge in [0.2, 0.25) is 0 Å². The molecule has 0 heterocycles. The fraction of sp³-hybridized carbons (Fsp3) is 0.577. The van der Waals surface area contributed by atoms with Gasteiger partial charge in [-0.15, -0.1) is 0 Å². The zero-order chi connectivity index (χ0) is 22.8. The quantitative estimate of drug-likeness (QED) is 0.204. The molecule has 0 aliphatic carbocycles. The molecule has 0 radical (unpaired) electrons. The van der Waals surface area contributed by atoms with Crippen LogP contribution in [0.1, 0.15) is 91.8 Å². The Hall–Kier alpha value is -0.720. The van der Waals surface area contributed by atoms with Gasteiger partial charge in [0.05, 0.1) is 6.61 Å². The smallest absolute Gasteiger partial charge is 1.00 e. The first-order valence-electron chi connectivity index (χ1n) is 11.8. The molecule has 6 heteroatoms. The minimum atomic E-state index is -3.70. The number of fused-ring (bicyclic) bond motifs is 1. The van der Waals surface area contributed by atoms with E-state index in [1.54, 1.807) is 12.1 Å². The maximum Gasteiger partial charge on any atom is 1.00 e. The van der Waals surface area contributed by atoms with Crippen molar-refractivity contribution in [2.45, 2.75) is 95.3 Å². The molecule has 0 bridgehead atoms. The molecule has 2 rings (SSSR count). The van der Waals surface area contributed by atoms with Crippen LogP contribution in [0.15, 0.2) is 47.4 Å². The van der Waals surface area contributed by atoms with Crippen LogP contribution in [-0.2, 0) is 19.1 Å². The summed E-state index contributed by atoms with van der Waals surface area (Å²) >= 11 is 0. The number of hydrogen-bond donors (Lipinski definition) is 0. The van der Waals surface area contributed by atoms with E-state index in [0.717, 1.165) is 30.0 Å². The first kappa shape index (κ1) is 31.3. The van der Waals surface area contributed by atoms with Crippen molar-refractivity contribution in [2.24, 2.45) is 0 Å². The summed E-state index contributed by atoms with van der Waals surface area (Å²) in [5, 5.41) is 1.64. The van der Waals surface area contributed by atoms with Crippen LogP contribution in [0.25, 0.3) is 10.8 Å². The molecule has 0 aromatic heterocycles. The van der Waals surface area contributed by atoms with Crippen molar-refractivity contribution in [3.05, 3.63) is 42.5 Å². The number of hydrogen-bond acceptors (Lipinski definition) is 4. The summed E-state index contributed by atoms with van der Waals surface area (Å²) < 4.78 is 30.4. The van der Waals surface area contributed by atoms with Gasteiger partial charge in [0, 0.05) is 5.39 Å². The molecule has 2 aromatic rings. The van der Waals surface area contributed by atoms with E-state index in [4.69, 9.17) is 8.98 Å². The van der Waals surface area contributed by atoms with Crippen LogP contribution in [0.5, 0.6) is 0 Å². The van der Waals surface area contributed by atoms with Crippen molar-refractivity contribution in [1.82, 2.24) is 0 Å². The van der Waals surface area contributed by atoms with Crippen molar-refractivity contribution in [3.63, 3.8) is 0 Å². The average Bonchev–Trinajstić information content (AvgIpc) is 2.80. The molecule has 0 spiro atoms. The maximum absolute atomic E-state index is 12.5. The first-order chi connectivity index (χ1) is 15.1. The summed E-state index contributed by atoms with van der Waals surface area (Å²) in [5.41, 5.74) is 0. The molecule has 0 aliphatic rings. The predicted molar refractivity (Wildman–Crippen MR) is 131 cm³/mol. The van der Waals surface area contributed by atoms with Crippen LogP contribution in [0, 0.1) is 0 Å². The number of carbonyl (C=O) groups excluding carboxylic acids is 1. The second-order valence-corrected chi connectivity index (χ2v) is 9.58. The van der Waals surface area contributed by atoms with E-state index in [1.165, 1.54) is 64.2 Å². The Morgan fingerprint density at radius 2 is 1.19 bits per heavy atom. The molecule has 0 N–H and O–H groups in total. The standard InChI is InChI=1S/C25H38O3S.CH2O.Na.H/c1-2-3-4-5-6-7-8-9-10-11-12-13-16-22-28-29(26,27)25-21-17-19-23-18-14-15-20-24(23)25;1-2;;/h14-15,17-21H,2-13,16,22H2,1H3;1H2;;/q;;+1;-1. The van der Waals surface area contributed by atoms with Gasteiger partial charge in [-0.3, -0.25) is 4.18 Å². The van der Waals surface area contributed by atoms with Gasteiger partial charge >= 0.3 is 29.6 Å². The Morgan fingerprint density at radius 1 is 0.719 bits per heavy atom. The second-order valence-electron chi connectivity index (χ2n) is 8.00. The normalized spacial score (nSPS) is 10.9. The minimum Gasteiger partial charge on any atom is -1.00 e. The summed E-state index contributed by atoms with van der Waals surface area (Å²) in [7, 11) is -3.70. The SMILES string of the molecule is C=O.CCCCCCCCCCCCCCCOS(=O)(=O)c1cccc2ccccc12.[H-].[Na+].